The Morgan fingerprint density at radius 3 is 2.83 bits per heavy atom. The highest BCUT2D eigenvalue weighted by molar-refractivity contribution is 7.80. The van der Waals surface area contributed by atoms with Gasteiger partial charge >= 0.3 is 0 Å². The van der Waals surface area contributed by atoms with E-state index in [0.29, 0.717) is 17.7 Å². The molecule has 1 aromatic carbocycles. The number of rotatable bonds is 5. The predicted octanol–water partition coefficient (Wildman–Crippen LogP) is 2.77. The van der Waals surface area contributed by atoms with Gasteiger partial charge in [-0.1, -0.05) is 12.2 Å². The summed E-state index contributed by atoms with van der Waals surface area (Å²) in [5.41, 5.74) is 6.65. The number of hydrogen-bond acceptors (Lipinski definition) is 3. The number of nitrogens with two attached hydrogens (primary N) is 1. The summed E-state index contributed by atoms with van der Waals surface area (Å²) >= 11 is 4.81. The van der Waals surface area contributed by atoms with Gasteiger partial charge in [0.25, 0.3) is 0 Å². The van der Waals surface area contributed by atoms with Gasteiger partial charge in [0, 0.05) is 5.56 Å². The van der Waals surface area contributed by atoms with Gasteiger partial charge in [0.2, 0.25) is 0 Å². The van der Waals surface area contributed by atoms with Crippen molar-refractivity contribution in [3.63, 3.8) is 0 Å². The van der Waals surface area contributed by atoms with Gasteiger partial charge in [-0.05, 0) is 35.9 Å². The summed E-state index contributed by atoms with van der Waals surface area (Å²) in [6.07, 6.45) is 1.58. The van der Waals surface area contributed by atoms with E-state index >= 15 is 0 Å². The molecule has 1 aromatic heterocycles. The molecule has 2 rings (SSSR count). The maximum absolute atomic E-state index is 13.3. The van der Waals surface area contributed by atoms with Gasteiger partial charge < -0.3 is 14.9 Å². The third kappa shape index (κ3) is 3.38. The van der Waals surface area contributed by atoms with Crippen molar-refractivity contribution in [1.29, 1.82) is 0 Å². The van der Waals surface area contributed by atoms with E-state index in [9.17, 15) is 4.39 Å². The molecular weight excluding hydrogens is 253 g/mol. The first kappa shape index (κ1) is 12.7. The van der Waals surface area contributed by atoms with Gasteiger partial charge in [-0.25, -0.2) is 4.39 Å². The Hall–Kier alpha value is -1.72. The standard InChI is InChI=1S/C13H12FNO2S/c14-11-5-9(4-10(6-11)13(15)18)7-16-8-12-2-1-3-17-12/h1-6H,7-8H2,(H2,15,18). The van der Waals surface area contributed by atoms with Crippen LogP contribution in [-0.4, -0.2) is 4.99 Å². The van der Waals surface area contributed by atoms with E-state index in [1.54, 1.807) is 18.4 Å². The third-order valence-electron chi connectivity index (χ3n) is 2.34. The second-order valence-corrected chi connectivity index (χ2v) is 4.22. The molecule has 0 amide bonds. The molecule has 0 atom stereocenters. The summed E-state index contributed by atoms with van der Waals surface area (Å²) < 4.78 is 23.8. The van der Waals surface area contributed by atoms with Crippen LogP contribution in [0.3, 0.4) is 0 Å². The molecule has 0 aliphatic heterocycles. The molecule has 0 radical (unpaired) electrons. The molecule has 0 saturated heterocycles. The van der Waals surface area contributed by atoms with Crippen LogP contribution in [-0.2, 0) is 18.0 Å². The fourth-order valence-corrected chi connectivity index (χ4v) is 1.66. The molecule has 0 bridgehead atoms. The number of thiocarbonyl (C=S) groups is 1. The highest BCUT2D eigenvalue weighted by Crippen LogP contribution is 2.12. The molecule has 1 heterocycles. The van der Waals surface area contributed by atoms with E-state index in [0.717, 1.165) is 5.76 Å². The molecule has 2 aromatic rings. The van der Waals surface area contributed by atoms with Crippen LogP contribution in [0.1, 0.15) is 16.9 Å². The number of hydrogen-bond donors (Lipinski definition) is 1. The van der Waals surface area contributed by atoms with Crippen LogP contribution in [0.5, 0.6) is 0 Å². The zero-order valence-electron chi connectivity index (χ0n) is 9.56. The van der Waals surface area contributed by atoms with Gasteiger partial charge in [-0.15, -0.1) is 0 Å². The number of ether oxygens (including phenoxy) is 1. The summed E-state index contributed by atoms with van der Waals surface area (Å²) in [5.74, 6) is 0.345. The van der Waals surface area contributed by atoms with Crippen LogP contribution < -0.4 is 5.73 Å². The Morgan fingerprint density at radius 2 is 2.17 bits per heavy atom. The van der Waals surface area contributed by atoms with Crippen molar-refractivity contribution in [3.8, 4) is 0 Å². The lowest BCUT2D eigenvalue weighted by molar-refractivity contribution is 0.0928. The first-order chi connectivity index (χ1) is 8.65. The van der Waals surface area contributed by atoms with E-state index < -0.39 is 0 Å². The Labute approximate surface area is 109 Å². The minimum Gasteiger partial charge on any atom is -0.467 e. The summed E-state index contributed by atoms with van der Waals surface area (Å²) in [6, 6.07) is 8.01. The molecule has 5 heteroatoms. The average Bonchev–Trinajstić information content (AvgIpc) is 2.81. The maximum Gasteiger partial charge on any atom is 0.129 e. The largest absolute Gasteiger partial charge is 0.467 e. The van der Waals surface area contributed by atoms with Crippen LogP contribution in [0, 0.1) is 5.82 Å². The van der Waals surface area contributed by atoms with E-state index in [4.69, 9.17) is 27.1 Å². The molecular formula is C13H12FNO2S. The topological polar surface area (TPSA) is 48.4 Å². The monoisotopic (exact) mass is 265 g/mol. The number of halogens is 1. The lowest BCUT2D eigenvalue weighted by Crippen LogP contribution is -2.10. The smallest absolute Gasteiger partial charge is 0.129 e. The molecule has 3 nitrogen and oxygen atoms in total. The molecule has 0 unspecified atom stereocenters. The van der Waals surface area contributed by atoms with Crippen molar-refractivity contribution < 1.29 is 13.5 Å². The van der Waals surface area contributed by atoms with Crippen LogP contribution >= 0.6 is 12.2 Å². The van der Waals surface area contributed by atoms with Crippen molar-refractivity contribution in [2.75, 3.05) is 0 Å². The number of furan rings is 1. The summed E-state index contributed by atoms with van der Waals surface area (Å²) in [4.78, 5) is 0.168. The quantitative estimate of drug-likeness (QED) is 0.844. The van der Waals surface area contributed by atoms with E-state index in [1.165, 1.54) is 12.1 Å². The minimum absolute atomic E-state index is 0.168. The first-order valence-electron chi connectivity index (χ1n) is 5.34. The van der Waals surface area contributed by atoms with Crippen LogP contribution in [0.25, 0.3) is 0 Å². The Balaban J connectivity index is 1.98. The summed E-state index contributed by atoms with van der Waals surface area (Å²) in [7, 11) is 0. The first-order valence-corrected chi connectivity index (χ1v) is 5.75. The second-order valence-electron chi connectivity index (χ2n) is 3.78. The molecule has 0 spiro atoms. The van der Waals surface area contributed by atoms with Gasteiger partial charge in [-0.3, -0.25) is 0 Å². The van der Waals surface area contributed by atoms with Gasteiger partial charge in [-0.2, -0.15) is 0 Å². The Morgan fingerprint density at radius 1 is 1.33 bits per heavy atom. The lowest BCUT2D eigenvalue weighted by Gasteiger charge is -2.05. The highest BCUT2D eigenvalue weighted by atomic mass is 32.1. The van der Waals surface area contributed by atoms with Crippen LogP contribution in [0.4, 0.5) is 4.39 Å². The molecule has 2 N–H and O–H groups in total. The zero-order chi connectivity index (χ0) is 13.0. The maximum atomic E-state index is 13.3. The highest BCUT2D eigenvalue weighted by Gasteiger charge is 2.04. The van der Waals surface area contributed by atoms with Crippen molar-refractivity contribution in [2.24, 2.45) is 5.73 Å². The van der Waals surface area contributed by atoms with Crippen LogP contribution in [0.2, 0.25) is 0 Å². The molecule has 0 aliphatic carbocycles. The number of benzene rings is 1. The molecule has 94 valence electrons. The van der Waals surface area contributed by atoms with Gasteiger partial charge in [0.05, 0.1) is 12.9 Å². The summed E-state index contributed by atoms with van der Waals surface area (Å²) in [5, 5.41) is 0. The zero-order valence-corrected chi connectivity index (χ0v) is 10.4. The molecule has 18 heavy (non-hydrogen) atoms. The lowest BCUT2D eigenvalue weighted by atomic mass is 10.1. The van der Waals surface area contributed by atoms with Crippen molar-refractivity contribution >= 4 is 17.2 Å². The fourth-order valence-electron chi connectivity index (χ4n) is 1.54. The van der Waals surface area contributed by atoms with Crippen molar-refractivity contribution in [3.05, 3.63) is 59.3 Å². The van der Waals surface area contributed by atoms with E-state index in [1.807, 2.05) is 6.07 Å². The van der Waals surface area contributed by atoms with Crippen molar-refractivity contribution in [1.82, 2.24) is 0 Å². The fraction of sp³-hybridized carbons (Fsp3) is 0.154. The van der Waals surface area contributed by atoms with Gasteiger partial charge in [0.15, 0.2) is 0 Å². The molecule has 0 fully saturated rings. The molecule has 0 aliphatic rings. The average molecular weight is 265 g/mol. The Bertz CT molecular complexity index is 540. The predicted molar refractivity (Wildman–Crippen MR) is 69.5 cm³/mol. The van der Waals surface area contributed by atoms with E-state index in [-0.39, 0.29) is 17.4 Å². The normalized spacial score (nSPS) is 10.5. The third-order valence-corrected chi connectivity index (χ3v) is 2.57. The molecule has 0 saturated carbocycles. The van der Waals surface area contributed by atoms with Crippen molar-refractivity contribution in [2.45, 2.75) is 13.2 Å². The Kier molecular flexibility index (Phi) is 4.07. The van der Waals surface area contributed by atoms with Gasteiger partial charge in [0.1, 0.15) is 23.2 Å². The minimum atomic E-state index is -0.378. The summed E-state index contributed by atoms with van der Waals surface area (Å²) in [6.45, 7) is 0.611. The second kappa shape index (κ2) is 5.75. The van der Waals surface area contributed by atoms with Crippen LogP contribution in [0.15, 0.2) is 41.0 Å². The van der Waals surface area contributed by atoms with E-state index in [2.05, 4.69) is 0 Å². The SMILES string of the molecule is NC(=S)c1cc(F)cc(COCc2ccco2)c1.